The van der Waals surface area contributed by atoms with Crippen molar-refractivity contribution in [2.24, 2.45) is 0 Å². The van der Waals surface area contributed by atoms with Crippen molar-refractivity contribution in [1.29, 1.82) is 0 Å². The molecule has 2 aliphatic heterocycles. The van der Waals surface area contributed by atoms with Crippen molar-refractivity contribution < 1.29 is 18.4 Å². The fourth-order valence-electron chi connectivity index (χ4n) is 2.74. The summed E-state index contributed by atoms with van der Waals surface area (Å²) in [7, 11) is -3.81. The largest absolute Gasteiger partial charge is 0.289 e. The number of amides is 1. The van der Waals surface area contributed by atoms with E-state index in [-0.39, 0.29) is 32.2 Å². The summed E-state index contributed by atoms with van der Waals surface area (Å²) in [6.07, 6.45) is 3.71. The van der Waals surface area contributed by atoms with Gasteiger partial charge in [0.2, 0.25) is 10.0 Å². The zero-order chi connectivity index (χ0) is 16.4. The molecule has 23 heavy (non-hydrogen) atoms. The molecular weight excluding hydrogens is 431 g/mol. The molecular formula is C15H15IN2O4S. The molecule has 1 atom stereocenters. The molecule has 122 valence electrons. The number of benzene rings is 1. The van der Waals surface area contributed by atoms with Crippen molar-refractivity contribution in [2.75, 3.05) is 6.54 Å². The van der Waals surface area contributed by atoms with E-state index >= 15 is 0 Å². The van der Waals surface area contributed by atoms with E-state index in [2.05, 4.69) is 0 Å². The molecule has 0 bridgehead atoms. The smallest absolute Gasteiger partial charge is 0.266 e. The quantitative estimate of drug-likeness (QED) is 0.420. The van der Waals surface area contributed by atoms with Crippen molar-refractivity contribution >= 4 is 40.7 Å². The Hall–Kier alpha value is -1.36. The van der Waals surface area contributed by atoms with E-state index in [0.29, 0.717) is 12.0 Å². The molecule has 3 rings (SSSR count). The molecule has 1 unspecified atom stereocenters. The first kappa shape index (κ1) is 16.5. The first-order chi connectivity index (χ1) is 11.1. The van der Waals surface area contributed by atoms with Crippen LogP contribution in [-0.2, 0) is 21.2 Å². The molecule has 2 N–H and O–H groups in total. The van der Waals surface area contributed by atoms with E-state index in [1.807, 2.05) is 20.2 Å². The number of hydrogen-bond donors (Lipinski definition) is 2. The van der Waals surface area contributed by atoms with E-state index < -0.39 is 22.0 Å². The third-order valence-corrected chi connectivity index (χ3v) is 7.23. The number of sulfonamides is 1. The monoisotopic (exact) mass is 446 g/mol. The van der Waals surface area contributed by atoms with Crippen molar-refractivity contribution in [3.8, 4) is 0 Å². The minimum Gasteiger partial charge on any atom is -0.289 e. The lowest BCUT2D eigenvalue weighted by atomic mass is 9.94. The fourth-order valence-corrected chi connectivity index (χ4v) is 6.22. The average molecular weight is 446 g/mol. The van der Waals surface area contributed by atoms with Crippen LogP contribution >= 0.6 is 20.7 Å². The number of nitrogens with one attached hydrogen (secondary N) is 1. The van der Waals surface area contributed by atoms with Gasteiger partial charge in [0.1, 0.15) is 6.04 Å². The van der Waals surface area contributed by atoms with Crippen LogP contribution in [0.5, 0.6) is 0 Å². The standard InChI is InChI=1S/C15H15IN2O4S/c19-15(17-20)14-13-4-2-1-3-11(13)7-10-18(14)23(21,22)12-5-8-16-9-6-12/h1-6,8-9,14,20H,7,10H2,(H,17,19). The van der Waals surface area contributed by atoms with E-state index in [9.17, 15) is 13.2 Å². The number of carbonyl (C=O) groups excluding carboxylic acids is 1. The third kappa shape index (κ3) is 3.03. The predicted molar refractivity (Wildman–Crippen MR) is 95.7 cm³/mol. The molecule has 0 saturated heterocycles. The highest BCUT2D eigenvalue weighted by Crippen LogP contribution is 2.34. The highest BCUT2D eigenvalue weighted by atomic mass is 127. The maximum atomic E-state index is 12.9. The van der Waals surface area contributed by atoms with Crippen LogP contribution in [-0.4, -0.2) is 34.4 Å². The summed E-state index contributed by atoms with van der Waals surface area (Å²) in [6, 6.07) is 6.13. The molecule has 0 aromatic heterocycles. The van der Waals surface area contributed by atoms with Gasteiger partial charge < -0.3 is 0 Å². The van der Waals surface area contributed by atoms with E-state index in [4.69, 9.17) is 5.21 Å². The molecule has 8 heteroatoms. The lowest BCUT2D eigenvalue weighted by Gasteiger charge is -2.35. The van der Waals surface area contributed by atoms with Crippen LogP contribution < -0.4 is 5.48 Å². The Balaban J connectivity index is 2.08. The molecule has 0 radical (unpaired) electrons. The Kier molecular flexibility index (Phi) is 4.76. The maximum absolute atomic E-state index is 12.9. The van der Waals surface area contributed by atoms with Crippen molar-refractivity contribution in [2.45, 2.75) is 12.5 Å². The molecule has 1 amide bonds. The van der Waals surface area contributed by atoms with Gasteiger partial charge in [-0.3, -0.25) is 10.0 Å². The number of halogens is 1. The summed E-state index contributed by atoms with van der Waals surface area (Å²) in [5, 5.41) is 9.06. The fraction of sp³-hybridized carbons (Fsp3) is 0.200. The van der Waals surface area contributed by atoms with Crippen LogP contribution in [0.1, 0.15) is 17.2 Å². The van der Waals surface area contributed by atoms with Gasteiger partial charge in [-0.05, 0) is 37.8 Å². The topological polar surface area (TPSA) is 86.7 Å². The summed E-state index contributed by atoms with van der Waals surface area (Å²) in [5.74, 6) is -0.752. The lowest BCUT2D eigenvalue weighted by Crippen LogP contribution is -2.46. The molecule has 1 aromatic rings. The summed E-state index contributed by atoms with van der Waals surface area (Å²) in [4.78, 5) is 12.3. The Morgan fingerprint density at radius 2 is 2.13 bits per heavy atom. The van der Waals surface area contributed by atoms with E-state index in [1.165, 1.54) is 0 Å². The zero-order valence-electron chi connectivity index (χ0n) is 12.0. The molecule has 2 aliphatic rings. The Bertz CT molecular complexity index is 830. The summed E-state index contributed by atoms with van der Waals surface area (Å²) in [5.41, 5.74) is 3.11. The molecule has 0 aliphatic carbocycles. The van der Waals surface area contributed by atoms with Gasteiger partial charge in [-0.25, -0.2) is 13.9 Å². The van der Waals surface area contributed by atoms with Crippen molar-refractivity contribution in [1.82, 2.24) is 9.79 Å². The van der Waals surface area contributed by atoms with Gasteiger partial charge in [0, 0.05) is 6.54 Å². The van der Waals surface area contributed by atoms with Crippen LogP contribution in [0.3, 0.4) is 0 Å². The number of nitrogens with zero attached hydrogens (tertiary/aromatic N) is 1. The Morgan fingerprint density at radius 1 is 1.35 bits per heavy atom. The molecule has 6 nitrogen and oxygen atoms in total. The van der Waals surface area contributed by atoms with E-state index in [1.54, 1.807) is 29.8 Å². The van der Waals surface area contributed by atoms with Crippen molar-refractivity contribution in [3.05, 3.63) is 56.5 Å². The second kappa shape index (κ2) is 6.63. The lowest BCUT2D eigenvalue weighted by molar-refractivity contribution is -0.133. The Labute approximate surface area is 144 Å². The van der Waals surface area contributed by atoms with Gasteiger partial charge in [0.25, 0.3) is 5.91 Å². The van der Waals surface area contributed by atoms with Gasteiger partial charge >= 0.3 is 0 Å². The first-order valence-corrected chi connectivity index (χ1v) is 10.8. The average Bonchev–Trinajstić information content (AvgIpc) is 2.60. The van der Waals surface area contributed by atoms with Gasteiger partial charge in [-0.2, -0.15) is 4.31 Å². The minimum absolute atomic E-state index is 0.179. The zero-order valence-corrected chi connectivity index (χ0v) is 15.0. The number of rotatable bonds is 3. The SMILES string of the molecule is O=C(NO)C1c2ccccc2CCN1S(=O)(=O)C1=CC=IC=C1. The van der Waals surface area contributed by atoms with Crippen LogP contribution in [0.2, 0.25) is 0 Å². The maximum Gasteiger partial charge on any atom is 0.266 e. The molecule has 2 heterocycles. The summed E-state index contributed by atoms with van der Waals surface area (Å²) >= 11 is -0.234. The number of hydroxylamine groups is 1. The van der Waals surface area contributed by atoms with E-state index in [0.717, 1.165) is 9.87 Å². The highest BCUT2D eigenvalue weighted by molar-refractivity contribution is 14.2. The molecule has 0 spiro atoms. The minimum atomic E-state index is -3.81. The van der Waals surface area contributed by atoms with Gasteiger partial charge in [0.05, 0.1) is 4.91 Å². The second-order valence-corrected chi connectivity index (χ2v) is 9.10. The summed E-state index contributed by atoms with van der Waals surface area (Å²) in [6.45, 7) is 0.192. The number of allylic oxidation sites excluding steroid dienone is 2. The van der Waals surface area contributed by atoms with Gasteiger partial charge in [0.15, 0.2) is 0 Å². The predicted octanol–water partition coefficient (Wildman–Crippen LogP) is 1.61. The molecule has 0 saturated carbocycles. The number of fused-ring (bicyclic) bond motifs is 1. The Morgan fingerprint density at radius 3 is 2.83 bits per heavy atom. The molecule has 0 fully saturated rings. The first-order valence-electron chi connectivity index (χ1n) is 6.91. The number of carbonyl (C=O) groups is 1. The third-order valence-electron chi connectivity index (χ3n) is 3.80. The van der Waals surface area contributed by atoms with Gasteiger partial charge in [-0.15, -0.1) is 0 Å². The number of hydrogen-bond acceptors (Lipinski definition) is 4. The van der Waals surface area contributed by atoms with Crippen LogP contribution in [0, 0.1) is 0 Å². The highest BCUT2D eigenvalue weighted by Gasteiger charge is 2.40. The second-order valence-electron chi connectivity index (χ2n) is 5.06. The molecule has 1 aromatic carbocycles. The normalized spacial score (nSPS) is 21.1. The van der Waals surface area contributed by atoms with Gasteiger partial charge in [-0.1, -0.05) is 45.0 Å². The summed E-state index contributed by atoms with van der Waals surface area (Å²) < 4.78 is 30.7. The van der Waals surface area contributed by atoms with Crippen LogP contribution in [0.25, 0.3) is 0 Å². The van der Waals surface area contributed by atoms with Crippen LogP contribution in [0.15, 0.2) is 45.4 Å². The van der Waals surface area contributed by atoms with Crippen molar-refractivity contribution in [3.63, 3.8) is 0 Å². The van der Waals surface area contributed by atoms with Crippen LogP contribution in [0.4, 0.5) is 0 Å².